The molecule has 0 aromatic heterocycles. The van der Waals surface area contributed by atoms with Crippen LogP contribution in [0.2, 0.25) is 0 Å². The quantitative estimate of drug-likeness (QED) is 0.756. The summed E-state index contributed by atoms with van der Waals surface area (Å²) in [6, 6.07) is -0.480. The van der Waals surface area contributed by atoms with E-state index in [2.05, 4.69) is 5.32 Å². The van der Waals surface area contributed by atoms with Gasteiger partial charge < -0.3 is 10.4 Å². The molecule has 3 heterocycles. The molecule has 3 fully saturated rings. The highest BCUT2D eigenvalue weighted by molar-refractivity contribution is 7.86. The van der Waals surface area contributed by atoms with E-state index in [4.69, 9.17) is 5.11 Å². The van der Waals surface area contributed by atoms with Crippen molar-refractivity contribution in [2.75, 3.05) is 32.7 Å². The molecule has 1 atom stereocenters. The first kappa shape index (κ1) is 15.2. The lowest BCUT2D eigenvalue weighted by Gasteiger charge is -2.39. The zero-order chi connectivity index (χ0) is 15.1. The van der Waals surface area contributed by atoms with Gasteiger partial charge in [-0.25, -0.2) is 0 Å². The minimum Gasteiger partial charge on any atom is -0.480 e. The summed E-state index contributed by atoms with van der Waals surface area (Å²) in [4.78, 5) is 11.0. The van der Waals surface area contributed by atoms with Crippen molar-refractivity contribution in [2.45, 2.75) is 38.1 Å². The predicted octanol–water partition coefficient (Wildman–Crippen LogP) is -0.144. The zero-order valence-corrected chi connectivity index (χ0v) is 12.9. The lowest BCUT2D eigenvalue weighted by Crippen LogP contribution is -2.49. The Morgan fingerprint density at radius 2 is 1.67 bits per heavy atom. The van der Waals surface area contributed by atoms with Gasteiger partial charge in [0, 0.05) is 32.7 Å². The largest absolute Gasteiger partial charge is 0.480 e. The van der Waals surface area contributed by atoms with Gasteiger partial charge in [-0.3, -0.25) is 4.79 Å². The van der Waals surface area contributed by atoms with Gasteiger partial charge in [0.05, 0.1) is 0 Å². The summed E-state index contributed by atoms with van der Waals surface area (Å²) in [5.41, 5.74) is -0.0416. The first-order chi connectivity index (χ1) is 9.93. The Labute approximate surface area is 125 Å². The van der Waals surface area contributed by atoms with Gasteiger partial charge in [0.15, 0.2) is 0 Å². The molecule has 0 amide bonds. The van der Waals surface area contributed by atoms with Gasteiger partial charge in [0.25, 0.3) is 10.2 Å². The predicted molar refractivity (Wildman–Crippen MR) is 77.0 cm³/mol. The number of piperidine rings is 1. The van der Waals surface area contributed by atoms with E-state index in [1.165, 1.54) is 0 Å². The van der Waals surface area contributed by atoms with Crippen LogP contribution in [0.5, 0.6) is 0 Å². The van der Waals surface area contributed by atoms with Gasteiger partial charge >= 0.3 is 5.97 Å². The van der Waals surface area contributed by atoms with Crippen molar-refractivity contribution in [1.29, 1.82) is 0 Å². The number of hydrogen-bond donors (Lipinski definition) is 2. The number of carbonyl (C=O) groups is 1. The van der Waals surface area contributed by atoms with Crippen molar-refractivity contribution in [3.63, 3.8) is 0 Å². The average Bonchev–Trinajstić information content (AvgIpc) is 3.09. The van der Waals surface area contributed by atoms with Crippen LogP contribution in [0.1, 0.15) is 32.1 Å². The molecule has 0 radical (unpaired) electrons. The minimum atomic E-state index is -3.31. The highest BCUT2D eigenvalue weighted by Gasteiger charge is 2.46. The van der Waals surface area contributed by atoms with E-state index in [0.29, 0.717) is 39.1 Å². The number of rotatable bonds is 3. The van der Waals surface area contributed by atoms with Gasteiger partial charge in [-0.2, -0.15) is 17.0 Å². The van der Waals surface area contributed by atoms with Crippen LogP contribution in [0.15, 0.2) is 0 Å². The van der Waals surface area contributed by atoms with Crippen LogP contribution in [0.4, 0.5) is 0 Å². The molecule has 21 heavy (non-hydrogen) atoms. The first-order valence-corrected chi connectivity index (χ1v) is 9.04. The molecular formula is C13H23N3O4S. The third-order valence-corrected chi connectivity index (χ3v) is 7.19. The summed E-state index contributed by atoms with van der Waals surface area (Å²) in [5, 5.41) is 12.1. The summed E-state index contributed by atoms with van der Waals surface area (Å²) in [6.45, 7) is 2.96. The normalized spacial score (nSPS) is 31.0. The summed E-state index contributed by atoms with van der Waals surface area (Å²) >= 11 is 0. The van der Waals surface area contributed by atoms with Crippen molar-refractivity contribution in [2.24, 2.45) is 5.41 Å². The third kappa shape index (κ3) is 2.81. The molecule has 2 N–H and O–H groups in total. The minimum absolute atomic E-state index is 0.0416. The Hall–Kier alpha value is -0.700. The number of aliphatic carboxylic acids is 1. The van der Waals surface area contributed by atoms with E-state index in [9.17, 15) is 13.2 Å². The highest BCUT2D eigenvalue weighted by atomic mass is 32.2. The van der Waals surface area contributed by atoms with Crippen LogP contribution in [0.3, 0.4) is 0 Å². The van der Waals surface area contributed by atoms with Crippen LogP contribution < -0.4 is 5.32 Å². The number of carboxylic acids is 1. The second-order valence-corrected chi connectivity index (χ2v) is 8.42. The fourth-order valence-corrected chi connectivity index (χ4v) is 5.44. The van der Waals surface area contributed by atoms with E-state index in [0.717, 1.165) is 25.7 Å². The zero-order valence-electron chi connectivity index (χ0n) is 12.1. The van der Waals surface area contributed by atoms with Crippen molar-refractivity contribution in [3.05, 3.63) is 0 Å². The van der Waals surface area contributed by atoms with Crippen LogP contribution in [-0.4, -0.2) is 66.9 Å². The molecule has 3 saturated heterocycles. The van der Waals surface area contributed by atoms with E-state index in [1.807, 2.05) is 0 Å². The standard InChI is InChI=1S/C13H23N3O4S/c17-12(18)11-9-13(10-14-11)3-7-16(8-4-13)21(19,20)15-5-1-2-6-15/h11,14H,1-10H2,(H,17,18)/t11-/m0/s1. The SMILES string of the molecule is O=C(O)[C@@H]1CC2(CCN(S(=O)(=O)N3CCCC3)CC2)CN1. The molecular weight excluding hydrogens is 294 g/mol. The van der Waals surface area contributed by atoms with Crippen molar-refractivity contribution < 1.29 is 18.3 Å². The Morgan fingerprint density at radius 3 is 2.19 bits per heavy atom. The van der Waals surface area contributed by atoms with E-state index < -0.39 is 22.2 Å². The van der Waals surface area contributed by atoms with Gasteiger partial charge in [-0.15, -0.1) is 0 Å². The fourth-order valence-electron chi connectivity index (χ4n) is 3.75. The summed E-state index contributed by atoms with van der Waals surface area (Å²) in [6.07, 6.45) is 4.00. The molecule has 0 saturated carbocycles. The van der Waals surface area contributed by atoms with Gasteiger partial charge in [-0.05, 0) is 37.5 Å². The van der Waals surface area contributed by atoms with E-state index in [1.54, 1.807) is 8.61 Å². The smallest absolute Gasteiger partial charge is 0.320 e. The molecule has 3 rings (SSSR count). The van der Waals surface area contributed by atoms with Crippen LogP contribution in [0, 0.1) is 5.41 Å². The maximum atomic E-state index is 12.5. The fraction of sp³-hybridized carbons (Fsp3) is 0.923. The molecule has 8 heteroatoms. The Kier molecular flexibility index (Phi) is 3.98. The maximum absolute atomic E-state index is 12.5. The molecule has 0 aromatic rings. The molecule has 0 aromatic carbocycles. The topological polar surface area (TPSA) is 90.0 Å². The summed E-state index contributed by atoms with van der Waals surface area (Å²) < 4.78 is 28.2. The molecule has 120 valence electrons. The number of carboxylic acid groups (broad SMARTS) is 1. The van der Waals surface area contributed by atoms with Crippen molar-refractivity contribution in [1.82, 2.24) is 13.9 Å². The maximum Gasteiger partial charge on any atom is 0.320 e. The Morgan fingerprint density at radius 1 is 1.10 bits per heavy atom. The lowest BCUT2D eigenvalue weighted by molar-refractivity contribution is -0.139. The number of nitrogens with one attached hydrogen (secondary N) is 1. The van der Waals surface area contributed by atoms with Gasteiger partial charge in [-0.1, -0.05) is 0 Å². The average molecular weight is 317 g/mol. The van der Waals surface area contributed by atoms with E-state index in [-0.39, 0.29) is 5.41 Å². The number of hydrogen-bond acceptors (Lipinski definition) is 4. The first-order valence-electron chi connectivity index (χ1n) is 7.64. The highest BCUT2D eigenvalue weighted by Crippen LogP contribution is 2.40. The van der Waals surface area contributed by atoms with Crippen LogP contribution in [0.25, 0.3) is 0 Å². The van der Waals surface area contributed by atoms with E-state index >= 15 is 0 Å². The second-order valence-electron chi connectivity index (χ2n) is 6.49. The monoisotopic (exact) mass is 317 g/mol. The van der Waals surface area contributed by atoms with Crippen LogP contribution in [-0.2, 0) is 15.0 Å². The lowest BCUT2D eigenvalue weighted by atomic mass is 9.77. The second kappa shape index (κ2) is 5.49. The molecule has 0 aliphatic carbocycles. The Bertz CT molecular complexity index is 508. The molecule has 0 bridgehead atoms. The van der Waals surface area contributed by atoms with Crippen molar-refractivity contribution in [3.8, 4) is 0 Å². The number of nitrogens with zero attached hydrogens (tertiary/aromatic N) is 2. The molecule has 0 unspecified atom stereocenters. The third-order valence-electron chi connectivity index (χ3n) is 5.16. The van der Waals surface area contributed by atoms with Gasteiger partial charge in [0.2, 0.25) is 0 Å². The molecule has 3 aliphatic rings. The summed E-state index contributed by atoms with van der Waals surface area (Å²) in [5.74, 6) is -0.806. The van der Waals surface area contributed by atoms with Gasteiger partial charge in [0.1, 0.15) is 6.04 Å². The molecule has 3 aliphatic heterocycles. The molecule has 7 nitrogen and oxygen atoms in total. The molecule has 1 spiro atoms. The Balaban J connectivity index is 1.62. The summed E-state index contributed by atoms with van der Waals surface area (Å²) in [7, 11) is -3.31. The van der Waals surface area contributed by atoms with Crippen molar-refractivity contribution >= 4 is 16.2 Å². The van der Waals surface area contributed by atoms with Crippen LogP contribution >= 0.6 is 0 Å².